The molecule has 1 atom stereocenters. The summed E-state index contributed by atoms with van der Waals surface area (Å²) >= 11 is 16.0. The van der Waals surface area contributed by atoms with Crippen molar-refractivity contribution in [2.24, 2.45) is 0 Å². The first-order chi connectivity index (χ1) is 3.31. The third-order valence-electron chi connectivity index (χ3n) is 0.522. The first-order valence-corrected chi connectivity index (χ1v) is 3.35. The smallest absolute Gasteiger partial charge is 0.0678 e. The molecule has 0 aromatic rings. The van der Waals surface area contributed by atoms with Crippen molar-refractivity contribution in [3.05, 3.63) is 5.88 Å². The van der Waals surface area contributed by atoms with Crippen LogP contribution in [0.25, 0.3) is 0 Å². The average molecular weight is 160 g/mol. The third kappa shape index (κ3) is 4.73. The molecule has 0 spiro atoms. The Balaban J connectivity index is 2.83. The van der Waals surface area contributed by atoms with E-state index >= 15 is 0 Å². The minimum atomic E-state index is -0.0702. The molecule has 0 aliphatic rings. The number of alkyl halides is 2. The van der Waals surface area contributed by atoms with Crippen LogP contribution in [0, 0.1) is 5.88 Å². The maximum Gasteiger partial charge on any atom is 0.0678 e. The molecule has 0 aliphatic heterocycles. The van der Waals surface area contributed by atoms with E-state index in [1.807, 2.05) is 0 Å². The molecule has 0 aliphatic carbocycles. The highest BCUT2D eigenvalue weighted by Gasteiger charge is 1.98. The molecule has 0 nitrogen and oxygen atoms in total. The summed E-state index contributed by atoms with van der Waals surface area (Å²) in [6, 6.07) is 0. The van der Waals surface area contributed by atoms with E-state index in [0.717, 1.165) is 6.42 Å². The third-order valence-corrected chi connectivity index (χ3v) is 1.52. The SMILES string of the molecule is Cl[CH]C(Cl)CCCl. The summed E-state index contributed by atoms with van der Waals surface area (Å²) in [7, 11) is 0. The topological polar surface area (TPSA) is 0 Å². The van der Waals surface area contributed by atoms with E-state index in [9.17, 15) is 0 Å². The number of hydrogen-bond donors (Lipinski definition) is 0. The number of hydrogen-bond acceptors (Lipinski definition) is 0. The van der Waals surface area contributed by atoms with Crippen molar-refractivity contribution >= 4 is 34.8 Å². The second-order valence-electron chi connectivity index (χ2n) is 1.12. The van der Waals surface area contributed by atoms with Crippen molar-refractivity contribution in [3.8, 4) is 0 Å². The Kier molecular flexibility index (Phi) is 5.64. The van der Waals surface area contributed by atoms with E-state index in [-0.39, 0.29) is 5.38 Å². The molecule has 0 fully saturated rings. The summed E-state index contributed by atoms with van der Waals surface area (Å²) in [6.45, 7) is 0. The van der Waals surface area contributed by atoms with Gasteiger partial charge >= 0.3 is 0 Å². The van der Waals surface area contributed by atoms with Crippen LogP contribution in [-0.2, 0) is 0 Å². The standard InChI is InChI=1S/C4H6Cl3/c5-2-1-4(7)3-6/h3-4H,1-2H2. The summed E-state index contributed by atoms with van der Waals surface area (Å²) < 4.78 is 0. The van der Waals surface area contributed by atoms with Crippen LogP contribution in [0.4, 0.5) is 0 Å². The van der Waals surface area contributed by atoms with Crippen LogP contribution in [0.2, 0.25) is 0 Å². The molecule has 3 heteroatoms. The summed E-state index contributed by atoms with van der Waals surface area (Å²) in [5, 5.41) is -0.0702. The van der Waals surface area contributed by atoms with Gasteiger partial charge in [0.1, 0.15) is 0 Å². The van der Waals surface area contributed by atoms with E-state index in [1.165, 1.54) is 5.88 Å². The predicted molar refractivity (Wildman–Crippen MR) is 35.1 cm³/mol. The molecule has 0 amide bonds. The van der Waals surface area contributed by atoms with Crippen LogP contribution < -0.4 is 0 Å². The van der Waals surface area contributed by atoms with E-state index in [2.05, 4.69) is 0 Å². The van der Waals surface area contributed by atoms with Gasteiger partial charge < -0.3 is 0 Å². The molecule has 7 heavy (non-hydrogen) atoms. The lowest BCUT2D eigenvalue weighted by molar-refractivity contribution is 0.958. The molecule has 0 bridgehead atoms. The second-order valence-corrected chi connectivity index (χ2v) is 2.31. The summed E-state index contributed by atoms with van der Waals surface area (Å²) in [4.78, 5) is 0. The Bertz CT molecular complexity index is 37.9. The van der Waals surface area contributed by atoms with Gasteiger partial charge in [-0.25, -0.2) is 0 Å². The van der Waals surface area contributed by atoms with Crippen LogP contribution in [0.1, 0.15) is 6.42 Å². The van der Waals surface area contributed by atoms with Crippen molar-refractivity contribution in [2.45, 2.75) is 11.8 Å². The molecular formula is C4H6Cl3. The van der Waals surface area contributed by atoms with Gasteiger partial charge in [0.2, 0.25) is 0 Å². The van der Waals surface area contributed by atoms with Gasteiger partial charge in [0.05, 0.1) is 11.3 Å². The van der Waals surface area contributed by atoms with E-state index in [1.54, 1.807) is 0 Å². The molecule has 1 unspecified atom stereocenters. The summed E-state index contributed by atoms with van der Waals surface area (Å²) in [5.74, 6) is 1.97. The molecular weight excluding hydrogens is 154 g/mol. The van der Waals surface area contributed by atoms with Crippen LogP contribution in [0.15, 0.2) is 0 Å². The quantitative estimate of drug-likeness (QED) is 0.557. The number of halogens is 3. The number of rotatable bonds is 3. The Hall–Kier alpha value is 0.870. The first kappa shape index (κ1) is 7.87. The fourth-order valence-electron chi connectivity index (χ4n) is 0.167. The van der Waals surface area contributed by atoms with Crippen LogP contribution in [-0.4, -0.2) is 11.3 Å². The van der Waals surface area contributed by atoms with Gasteiger partial charge in [0.25, 0.3) is 0 Å². The molecule has 0 aromatic carbocycles. The molecule has 0 N–H and O–H groups in total. The molecule has 0 saturated carbocycles. The highest BCUT2D eigenvalue weighted by atomic mass is 35.5. The molecule has 43 valence electrons. The van der Waals surface area contributed by atoms with Gasteiger partial charge in [-0.2, -0.15) is 0 Å². The minimum absolute atomic E-state index is 0.0702. The fraction of sp³-hybridized carbons (Fsp3) is 0.750. The predicted octanol–water partition coefficient (Wildman–Crippen LogP) is 2.62. The lowest BCUT2D eigenvalue weighted by Crippen LogP contribution is -1.94. The zero-order chi connectivity index (χ0) is 5.70. The lowest BCUT2D eigenvalue weighted by atomic mass is 10.4. The first-order valence-electron chi connectivity index (χ1n) is 1.95. The fourth-order valence-corrected chi connectivity index (χ4v) is 0.749. The Morgan fingerprint density at radius 2 is 2.14 bits per heavy atom. The Morgan fingerprint density at radius 1 is 1.57 bits per heavy atom. The normalized spacial score (nSPS) is 14.1. The monoisotopic (exact) mass is 159 g/mol. The Morgan fingerprint density at radius 3 is 2.29 bits per heavy atom. The van der Waals surface area contributed by atoms with Gasteiger partial charge in [0, 0.05) is 5.88 Å². The summed E-state index contributed by atoms with van der Waals surface area (Å²) in [5.41, 5.74) is 0. The Labute approximate surface area is 58.7 Å². The van der Waals surface area contributed by atoms with Crippen LogP contribution >= 0.6 is 34.8 Å². The van der Waals surface area contributed by atoms with Gasteiger partial charge in [-0.3, -0.25) is 0 Å². The van der Waals surface area contributed by atoms with Crippen LogP contribution in [0.5, 0.6) is 0 Å². The molecule has 0 heterocycles. The van der Waals surface area contributed by atoms with Crippen molar-refractivity contribution in [2.75, 3.05) is 5.88 Å². The van der Waals surface area contributed by atoms with Crippen molar-refractivity contribution in [3.63, 3.8) is 0 Å². The highest BCUT2D eigenvalue weighted by molar-refractivity contribution is 6.32. The molecule has 0 aromatic heterocycles. The maximum absolute atomic E-state index is 5.49. The molecule has 0 rings (SSSR count). The van der Waals surface area contributed by atoms with Crippen molar-refractivity contribution in [1.29, 1.82) is 0 Å². The van der Waals surface area contributed by atoms with E-state index < -0.39 is 0 Å². The minimum Gasteiger partial charge on any atom is -0.127 e. The van der Waals surface area contributed by atoms with E-state index in [4.69, 9.17) is 34.8 Å². The average Bonchev–Trinajstić information content (AvgIpc) is 1.68. The largest absolute Gasteiger partial charge is 0.127 e. The van der Waals surface area contributed by atoms with Gasteiger partial charge in [-0.15, -0.1) is 34.8 Å². The lowest BCUT2D eigenvalue weighted by Gasteiger charge is -1.96. The highest BCUT2D eigenvalue weighted by Crippen LogP contribution is 2.08. The zero-order valence-electron chi connectivity index (χ0n) is 3.70. The van der Waals surface area contributed by atoms with E-state index in [0.29, 0.717) is 5.88 Å². The van der Waals surface area contributed by atoms with Crippen LogP contribution in [0.3, 0.4) is 0 Å². The van der Waals surface area contributed by atoms with Crippen molar-refractivity contribution < 1.29 is 0 Å². The second kappa shape index (κ2) is 5.02. The molecule has 0 saturated heterocycles. The van der Waals surface area contributed by atoms with Gasteiger partial charge in [0.15, 0.2) is 0 Å². The molecule has 1 radical (unpaired) electrons. The maximum atomic E-state index is 5.49. The van der Waals surface area contributed by atoms with Crippen molar-refractivity contribution in [1.82, 2.24) is 0 Å². The van der Waals surface area contributed by atoms with Gasteiger partial charge in [-0.1, -0.05) is 0 Å². The summed E-state index contributed by atoms with van der Waals surface area (Å²) in [6.07, 6.45) is 0.743. The van der Waals surface area contributed by atoms with Gasteiger partial charge in [-0.05, 0) is 6.42 Å². The zero-order valence-corrected chi connectivity index (χ0v) is 5.97.